The predicted octanol–water partition coefficient (Wildman–Crippen LogP) is 4.24. The van der Waals surface area contributed by atoms with Crippen molar-refractivity contribution in [1.29, 1.82) is 0 Å². The molecule has 1 unspecified atom stereocenters. The molecule has 122 valence electrons. The zero-order valence-corrected chi connectivity index (χ0v) is 14.3. The summed E-state index contributed by atoms with van der Waals surface area (Å²) in [5.74, 6) is 0.0322. The molecule has 0 saturated carbocycles. The Hall–Kier alpha value is -1.55. The fraction of sp³-hybridized carbons (Fsp3) is 0.529. The van der Waals surface area contributed by atoms with E-state index in [1.807, 2.05) is 6.92 Å². The summed E-state index contributed by atoms with van der Waals surface area (Å²) >= 11 is 5.98. The van der Waals surface area contributed by atoms with Crippen molar-refractivity contribution in [2.75, 3.05) is 11.9 Å². The monoisotopic (exact) mass is 324 g/mol. The highest BCUT2D eigenvalue weighted by atomic mass is 35.5. The van der Waals surface area contributed by atoms with Crippen molar-refractivity contribution in [1.82, 2.24) is 5.32 Å². The quantitative estimate of drug-likeness (QED) is 0.751. The maximum Gasteiger partial charge on any atom is 0.253 e. The van der Waals surface area contributed by atoms with Gasteiger partial charge in [-0.1, -0.05) is 45.2 Å². The van der Waals surface area contributed by atoms with Gasteiger partial charge in [0, 0.05) is 18.0 Å². The highest BCUT2D eigenvalue weighted by molar-refractivity contribution is 6.31. The molecular weight excluding hydrogens is 300 g/mol. The summed E-state index contributed by atoms with van der Waals surface area (Å²) in [4.78, 5) is 24.2. The summed E-state index contributed by atoms with van der Waals surface area (Å²) in [6.07, 6.45) is 3.36. The van der Waals surface area contributed by atoms with E-state index in [2.05, 4.69) is 24.5 Å². The molecule has 0 spiro atoms. The number of hydrogen-bond acceptors (Lipinski definition) is 2. The van der Waals surface area contributed by atoms with Crippen molar-refractivity contribution < 1.29 is 9.59 Å². The fourth-order valence-electron chi connectivity index (χ4n) is 2.26. The first-order valence-electron chi connectivity index (χ1n) is 7.85. The third-order valence-electron chi connectivity index (χ3n) is 3.35. The Kier molecular flexibility index (Phi) is 7.96. The topological polar surface area (TPSA) is 58.2 Å². The van der Waals surface area contributed by atoms with E-state index >= 15 is 0 Å². The van der Waals surface area contributed by atoms with Crippen molar-refractivity contribution in [3.63, 3.8) is 0 Å². The average Bonchev–Trinajstić information content (AvgIpc) is 2.44. The van der Waals surface area contributed by atoms with Crippen molar-refractivity contribution in [2.45, 2.75) is 46.5 Å². The molecule has 22 heavy (non-hydrogen) atoms. The molecule has 1 atom stereocenters. The Bertz CT molecular complexity index is 517. The molecule has 0 fully saturated rings. The van der Waals surface area contributed by atoms with Crippen molar-refractivity contribution >= 4 is 29.1 Å². The maximum atomic E-state index is 12.1. The van der Waals surface area contributed by atoms with Crippen LogP contribution in [0.25, 0.3) is 0 Å². The second kappa shape index (κ2) is 9.46. The summed E-state index contributed by atoms with van der Waals surface area (Å²) in [7, 11) is 0. The lowest BCUT2D eigenvalue weighted by Gasteiger charge is -2.14. The van der Waals surface area contributed by atoms with Crippen molar-refractivity contribution in [2.24, 2.45) is 5.92 Å². The molecule has 0 radical (unpaired) electrons. The van der Waals surface area contributed by atoms with Gasteiger partial charge in [0.25, 0.3) is 5.91 Å². The Labute approximate surface area is 137 Å². The Morgan fingerprint density at radius 1 is 1.23 bits per heavy atom. The molecule has 0 bridgehead atoms. The van der Waals surface area contributed by atoms with Crippen LogP contribution >= 0.6 is 11.6 Å². The van der Waals surface area contributed by atoms with Crippen LogP contribution in [0.5, 0.6) is 0 Å². The van der Waals surface area contributed by atoms with Crippen LogP contribution in [0.15, 0.2) is 18.2 Å². The minimum absolute atomic E-state index is 0.0900. The van der Waals surface area contributed by atoms with Crippen molar-refractivity contribution in [3.8, 4) is 0 Å². The van der Waals surface area contributed by atoms with Gasteiger partial charge in [-0.15, -0.1) is 0 Å². The summed E-state index contributed by atoms with van der Waals surface area (Å²) in [6, 6.07) is 4.90. The zero-order valence-electron chi connectivity index (χ0n) is 13.5. The van der Waals surface area contributed by atoms with Crippen LogP contribution < -0.4 is 10.6 Å². The van der Waals surface area contributed by atoms with Crippen LogP contribution in [0.2, 0.25) is 5.02 Å². The zero-order chi connectivity index (χ0) is 16.5. The lowest BCUT2D eigenvalue weighted by atomic mass is 10.0. The van der Waals surface area contributed by atoms with Crippen LogP contribution in [0.1, 0.15) is 56.8 Å². The highest BCUT2D eigenvalue weighted by Crippen LogP contribution is 2.22. The van der Waals surface area contributed by atoms with Crippen LogP contribution in [-0.4, -0.2) is 18.4 Å². The van der Waals surface area contributed by atoms with Crippen LogP contribution in [0.4, 0.5) is 5.69 Å². The van der Waals surface area contributed by atoms with Gasteiger partial charge in [0.2, 0.25) is 5.91 Å². The second-order valence-electron chi connectivity index (χ2n) is 5.59. The molecule has 1 aromatic carbocycles. The third-order valence-corrected chi connectivity index (χ3v) is 3.59. The SMILES string of the molecule is CCCNC(=O)c1ccc(Cl)cc1NC(=O)CC(C)CCC. The number of rotatable bonds is 8. The van der Waals surface area contributed by atoms with Gasteiger partial charge in [0.15, 0.2) is 0 Å². The lowest BCUT2D eigenvalue weighted by Crippen LogP contribution is -2.26. The van der Waals surface area contributed by atoms with Crippen molar-refractivity contribution in [3.05, 3.63) is 28.8 Å². The second-order valence-corrected chi connectivity index (χ2v) is 6.03. The third kappa shape index (κ3) is 6.06. The smallest absolute Gasteiger partial charge is 0.253 e. The number of amides is 2. The molecule has 0 aliphatic heterocycles. The first-order valence-corrected chi connectivity index (χ1v) is 8.23. The average molecular weight is 325 g/mol. The molecule has 2 N–H and O–H groups in total. The van der Waals surface area contributed by atoms with Crippen LogP contribution in [0, 0.1) is 5.92 Å². The number of carbonyl (C=O) groups is 2. The molecule has 0 saturated heterocycles. The first-order chi connectivity index (χ1) is 10.5. The molecule has 0 aliphatic carbocycles. The Balaban J connectivity index is 2.81. The largest absolute Gasteiger partial charge is 0.352 e. The van der Waals surface area contributed by atoms with E-state index in [4.69, 9.17) is 11.6 Å². The van der Waals surface area contributed by atoms with Gasteiger partial charge in [-0.3, -0.25) is 9.59 Å². The van der Waals surface area contributed by atoms with Gasteiger partial charge < -0.3 is 10.6 Å². The molecule has 0 aromatic heterocycles. The van der Waals surface area contributed by atoms with E-state index in [0.29, 0.717) is 35.2 Å². The predicted molar refractivity (Wildman–Crippen MR) is 91.4 cm³/mol. The minimum atomic E-state index is -0.199. The van der Waals surface area contributed by atoms with Gasteiger partial charge in [-0.2, -0.15) is 0 Å². The van der Waals surface area contributed by atoms with Gasteiger partial charge in [-0.05, 0) is 30.5 Å². The van der Waals surface area contributed by atoms with Gasteiger partial charge in [0.05, 0.1) is 11.3 Å². The molecule has 4 nitrogen and oxygen atoms in total. The van der Waals surface area contributed by atoms with Gasteiger partial charge in [-0.25, -0.2) is 0 Å². The maximum absolute atomic E-state index is 12.1. The molecule has 0 heterocycles. The van der Waals surface area contributed by atoms with Crippen LogP contribution in [0.3, 0.4) is 0 Å². The molecule has 5 heteroatoms. The van der Waals surface area contributed by atoms with E-state index < -0.39 is 0 Å². The Morgan fingerprint density at radius 2 is 1.95 bits per heavy atom. The Morgan fingerprint density at radius 3 is 2.59 bits per heavy atom. The molecule has 2 amide bonds. The van der Waals surface area contributed by atoms with E-state index in [1.165, 1.54) is 0 Å². The number of halogens is 1. The summed E-state index contributed by atoms with van der Waals surface area (Å²) in [5.41, 5.74) is 0.907. The first kappa shape index (κ1) is 18.5. The standard InChI is InChI=1S/C17H25ClN2O2/c1-4-6-12(3)10-16(21)20-15-11-13(18)7-8-14(15)17(22)19-9-5-2/h7-8,11-12H,4-6,9-10H2,1-3H3,(H,19,22)(H,20,21). The number of carbonyl (C=O) groups excluding carboxylic acids is 2. The number of benzene rings is 1. The molecular formula is C17H25ClN2O2. The summed E-state index contributed by atoms with van der Waals surface area (Å²) in [5, 5.41) is 6.11. The number of anilines is 1. The normalized spacial score (nSPS) is 11.8. The number of nitrogens with one attached hydrogen (secondary N) is 2. The fourth-order valence-corrected chi connectivity index (χ4v) is 2.44. The van der Waals surface area contributed by atoms with E-state index in [0.717, 1.165) is 19.3 Å². The lowest BCUT2D eigenvalue weighted by molar-refractivity contribution is -0.117. The number of hydrogen-bond donors (Lipinski definition) is 2. The molecule has 1 aromatic rings. The van der Waals surface area contributed by atoms with E-state index in [9.17, 15) is 9.59 Å². The minimum Gasteiger partial charge on any atom is -0.352 e. The summed E-state index contributed by atoms with van der Waals surface area (Å²) in [6.45, 7) is 6.74. The summed E-state index contributed by atoms with van der Waals surface area (Å²) < 4.78 is 0. The van der Waals surface area contributed by atoms with E-state index in [1.54, 1.807) is 18.2 Å². The molecule has 1 rings (SSSR count). The van der Waals surface area contributed by atoms with E-state index in [-0.39, 0.29) is 11.8 Å². The van der Waals surface area contributed by atoms with Crippen LogP contribution in [-0.2, 0) is 4.79 Å². The highest BCUT2D eigenvalue weighted by Gasteiger charge is 2.15. The van der Waals surface area contributed by atoms with Gasteiger partial charge >= 0.3 is 0 Å². The molecule has 0 aliphatic rings. The van der Waals surface area contributed by atoms with Gasteiger partial charge in [0.1, 0.15) is 0 Å².